The van der Waals surface area contributed by atoms with Crippen molar-refractivity contribution in [3.8, 4) is 17.1 Å². The van der Waals surface area contributed by atoms with E-state index in [2.05, 4.69) is 39.8 Å². The van der Waals surface area contributed by atoms with Crippen LogP contribution in [0.15, 0.2) is 48.9 Å². The van der Waals surface area contributed by atoms with Gasteiger partial charge in [-0.15, -0.1) is 0 Å². The molecule has 0 fully saturated rings. The highest BCUT2D eigenvalue weighted by Crippen LogP contribution is 2.28. The number of hydrogen-bond donors (Lipinski definition) is 1. The lowest BCUT2D eigenvalue weighted by Crippen LogP contribution is -2.21. The standard InChI is InChI=1S/C24H23ClF2N4O/c1-3-31(4-2)13-16-10-29-21-8-5-15(9-17(16)21)22-11-28-12-23(30-22)32-14-18-19(26)6-7-20(27)24(18)25/h5-12,29H,3-4,13-14H2,1-2H3. The third-order valence-electron chi connectivity index (χ3n) is 5.47. The van der Waals surface area contributed by atoms with E-state index in [-0.39, 0.29) is 23.1 Å². The topological polar surface area (TPSA) is 54.0 Å². The SMILES string of the molecule is CCN(CC)Cc1c[nH]c2ccc(-c3cncc(OCc4c(F)ccc(F)c4Cl)n3)cc12. The summed E-state index contributed by atoms with van der Waals surface area (Å²) in [6.07, 6.45) is 5.10. The quantitative estimate of drug-likeness (QED) is 0.331. The molecule has 2 heterocycles. The molecule has 4 aromatic rings. The molecule has 0 saturated heterocycles. The summed E-state index contributed by atoms with van der Waals surface area (Å²) in [5.74, 6) is -1.15. The first-order chi connectivity index (χ1) is 15.5. The van der Waals surface area contributed by atoms with E-state index in [0.29, 0.717) is 5.69 Å². The molecule has 1 N–H and O–H groups in total. The van der Waals surface area contributed by atoms with E-state index in [1.54, 1.807) is 6.20 Å². The zero-order valence-electron chi connectivity index (χ0n) is 17.8. The van der Waals surface area contributed by atoms with Crippen LogP contribution >= 0.6 is 11.6 Å². The second kappa shape index (κ2) is 9.63. The number of hydrogen-bond acceptors (Lipinski definition) is 4. The molecule has 0 aliphatic heterocycles. The predicted molar refractivity (Wildman–Crippen MR) is 122 cm³/mol. The van der Waals surface area contributed by atoms with Crippen LogP contribution in [0.3, 0.4) is 0 Å². The molecule has 0 saturated carbocycles. The van der Waals surface area contributed by atoms with Gasteiger partial charge in [0, 0.05) is 34.8 Å². The van der Waals surface area contributed by atoms with E-state index in [4.69, 9.17) is 16.3 Å². The van der Waals surface area contributed by atoms with Crippen molar-refractivity contribution in [3.63, 3.8) is 0 Å². The van der Waals surface area contributed by atoms with Crippen LogP contribution in [0, 0.1) is 11.6 Å². The van der Waals surface area contributed by atoms with Crippen molar-refractivity contribution in [2.45, 2.75) is 27.0 Å². The Morgan fingerprint density at radius 2 is 1.84 bits per heavy atom. The molecule has 166 valence electrons. The number of ether oxygens (including phenoxy) is 1. The Kier molecular flexibility index (Phi) is 6.67. The van der Waals surface area contributed by atoms with Crippen LogP contribution in [0.4, 0.5) is 8.78 Å². The number of aromatic amines is 1. The summed E-state index contributed by atoms with van der Waals surface area (Å²) < 4.78 is 33.2. The van der Waals surface area contributed by atoms with Crippen LogP contribution in [-0.4, -0.2) is 32.9 Å². The van der Waals surface area contributed by atoms with Gasteiger partial charge in [-0.2, -0.15) is 0 Å². The van der Waals surface area contributed by atoms with Crippen LogP contribution in [0.25, 0.3) is 22.2 Å². The van der Waals surface area contributed by atoms with Gasteiger partial charge in [-0.25, -0.2) is 13.8 Å². The summed E-state index contributed by atoms with van der Waals surface area (Å²) in [6.45, 7) is 6.84. The molecular weight excluding hydrogens is 434 g/mol. The van der Waals surface area contributed by atoms with Gasteiger partial charge in [-0.1, -0.05) is 31.5 Å². The maximum Gasteiger partial charge on any atom is 0.233 e. The summed E-state index contributed by atoms with van der Waals surface area (Å²) in [5, 5.41) is 0.823. The largest absolute Gasteiger partial charge is 0.472 e. The average Bonchev–Trinajstić information content (AvgIpc) is 3.22. The smallest absolute Gasteiger partial charge is 0.233 e. The number of fused-ring (bicyclic) bond motifs is 1. The van der Waals surface area contributed by atoms with Gasteiger partial charge in [0.05, 0.1) is 23.1 Å². The fourth-order valence-corrected chi connectivity index (χ4v) is 3.77. The lowest BCUT2D eigenvalue weighted by Gasteiger charge is -2.17. The van der Waals surface area contributed by atoms with E-state index in [1.165, 1.54) is 11.8 Å². The first kappa shape index (κ1) is 22.2. The minimum absolute atomic E-state index is 0.0614. The van der Waals surface area contributed by atoms with Gasteiger partial charge in [0.2, 0.25) is 5.88 Å². The first-order valence-electron chi connectivity index (χ1n) is 10.4. The van der Waals surface area contributed by atoms with Gasteiger partial charge in [0.25, 0.3) is 0 Å². The molecule has 0 spiro atoms. The Morgan fingerprint density at radius 3 is 2.62 bits per heavy atom. The third kappa shape index (κ3) is 4.59. The van der Waals surface area contributed by atoms with Crippen molar-refractivity contribution >= 4 is 22.5 Å². The van der Waals surface area contributed by atoms with E-state index in [0.717, 1.165) is 48.2 Å². The molecule has 0 radical (unpaired) electrons. The number of H-pyrrole nitrogens is 1. The highest BCUT2D eigenvalue weighted by Gasteiger charge is 2.14. The predicted octanol–water partition coefficient (Wildman–Crippen LogP) is 5.98. The number of halogens is 3. The molecule has 32 heavy (non-hydrogen) atoms. The first-order valence-corrected chi connectivity index (χ1v) is 10.8. The number of nitrogens with zero attached hydrogens (tertiary/aromatic N) is 3. The Balaban J connectivity index is 1.58. The van der Waals surface area contributed by atoms with Crippen molar-refractivity contribution in [1.82, 2.24) is 19.9 Å². The lowest BCUT2D eigenvalue weighted by molar-refractivity contribution is 0.286. The van der Waals surface area contributed by atoms with E-state index in [9.17, 15) is 8.78 Å². The molecule has 0 aliphatic rings. The summed E-state index contributed by atoms with van der Waals surface area (Å²) in [4.78, 5) is 14.4. The lowest BCUT2D eigenvalue weighted by atomic mass is 10.1. The molecule has 4 rings (SSSR count). The molecule has 0 bridgehead atoms. The van der Waals surface area contributed by atoms with Crippen molar-refractivity contribution in [2.75, 3.05) is 13.1 Å². The van der Waals surface area contributed by atoms with E-state index < -0.39 is 11.6 Å². The number of rotatable bonds is 8. The van der Waals surface area contributed by atoms with Gasteiger partial charge >= 0.3 is 0 Å². The summed E-state index contributed by atoms with van der Waals surface area (Å²) in [6, 6.07) is 8.03. The fourth-order valence-electron chi connectivity index (χ4n) is 3.56. The molecule has 0 atom stereocenters. The second-order valence-corrected chi connectivity index (χ2v) is 7.77. The maximum absolute atomic E-state index is 14.0. The highest BCUT2D eigenvalue weighted by atomic mass is 35.5. The number of benzene rings is 2. The fraction of sp³-hybridized carbons (Fsp3) is 0.250. The van der Waals surface area contributed by atoms with Crippen LogP contribution in [0.5, 0.6) is 5.88 Å². The molecule has 0 aliphatic carbocycles. The summed E-state index contributed by atoms with van der Waals surface area (Å²) in [5.41, 5.74) is 3.69. The van der Waals surface area contributed by atoms with E-state index in [1.807, 2.05) is 18.3 Å². The maximum atomic E-state index is 14.0. The Morgan fingerprint density at radius 1 is 1.06 bits per heavy atom. The normalized spacial score (nSPS) is 11.4. The molecule has 0 amide bonds. The Hall–Kier alpha value is -3.03. The molecule has 2 aromatic carbocycles. The highest BCUT2D eigenvalue weighted by molar-refractivity contribution is 6.31. The summed E-state index contributed by atoms with van der Waals surface area (Å²) >= 11 is 5.87. The Labute approximate surface area is 190 Å². The Bertz CT molecular complexity index is 1240. The second-order valence-electron chi connectivity index (χ2n) is 7.39. The van der Waals surface area contributed by atoms with Crippen molar-refractivity contribution in [2.24, 2.45) is 0 Å². The van der Waals surface area contributed by atoms with Gasteiger partial charge in [-0.05, 0) is 42.9 Å². The van der Waals surface area contributed by atoms with Crippen molar-refractivity contribution in [3.05, 3.63) is 76.7 Å². The van der Waals surface area contributed by atoms with Crippen LogP contribution in [-0.2, 0) is 13.2 Å². The zero-order valence-corrected chi connectivity index (χ0v) is 18.6. The zero-order chi connectivity index (χ0) is 22.7. The third-order valence-corrected chi connectivity index (χ3v) is 5.88. The monoisotopic (exact) mass is 456 g/mol. The minimum Gasteiger partial charge on any atom is -0.472 e. The number of nitrogens with one attached hydrogen (secondary N) is 1. The average molecular weight is 457 g/mol. The van der Waals surface area contributed by atoms with Gasteiger partial charge in [0.15, 0.2) is 0 Å². The van der Waals surface area contributed by atoms with Gasteiger partial charge in [-0.3, -0.25) is 9.88 Å². The van der Waals surface area contributed by atoms with Gasteiger partial charge < -0.3 is 9.72 Å². The van der Waals surface area contributed by atoms with E-state index >= 15 is 0 Å². The minimum atomic E-state index is -0.702. The molecular formula is C24H23ClF2N4O. The molecule has 2 aromatic heterocycles. The van der Waals surface area contributed by atoms with Crippen LogP contribution in [0.1, 0.15) is 25.0 Å². The molecule has 5 nitrogen and oxygen atoms in total. The summed E-state index contributed by atoms with van der Waals surface area (Å²) in [7, 11) is 0. The van der Waals surface area contributed by atoms with Crippen LogP contribution < -0.4 is 4.74 Å². The van der Waals surface area contributed by atoms with Crippen molar-refractivity contribution < 1.29 is 13.5 Å². The molecule has 8 heteroatoms. The van der Waals surface area contributed by atoms with Crippen LogP contribution in [0.2, 0.25) is 5.02 Å². The molecule has 0 unspecified atom stereocenters. The number of aromatic nitrogens is 3. The van der Waals surface area contributed by atoms with Gasteiger partial charge in [0.1, 0.15) is 18.2 Å². The van der Waals surface area contributed by atoms with Crippen molar-refractivity contribution in [1.29, 1.82) is 0 Å².